The zero-order valence-electron chi connectivity index (χ0n) is 11.3. The predicted octanol–water partition coefficient (Wildman–Crippen LogP) is 2.37. The molecule has 0 heterocycles. The Balaban J connectivity index is 1.85. The summed E-state index contributed by atoms with van der Waals surface area (Å²) >= 11 is 0. The van der Waals surface area contributed by atoms with Gasteiger partial charge in [-0.1, -0.05) is 12.1 Å². The van der Waals surface area contributed by atoms with Crippen LogP contribution in [0.2, 0.25) is 0 Å². The maximum absolute atomic E-state index is 11.9. The smallest absolute Gasteiger partial charge is 0.251 e. The standard InChI is InChI=1S/C16H17NO3/c1-20-15-7-5-13(6-8-15)16(19)17-10-9-12-3-2-4-14(18)11-12/h2-8,11,18H,9-10H2,1H3,(H,17,19). The number of rotatable bonds is 5. The van der Waals surface area contributed by atoms with Crippen LogP contribution in [-0.4, -0.2) is 24.7 Å². The van der Waals surface area contributed by atoms with Crippen molar-refractivity contribution in [2.75, 3.05) is 13.7 Å². The first-order chi connectivity index (χ1) is 9.69. The molecule has 0 unspecified atom stereocenters. The fourth-order valence-corrected chi connectivity index (χ4v) is 1.88. The van der Waals surface area contributed by atoms with Crippen molar-refractivity contribution < 1.29 is 14.6 Å². The quantitative estimate of drug-likeness (QED) is 0.877. The average Bonchev–Trinajstić information content (AvgIpc) is 2.47. The number of methoxy groups -OCH3 is 1. The van der Waals surface area contributed by atoms with Gasteiger partial charge in [-0.15, -0.1) is 0 Å². The summed E-state index contributed by atoms with van der Waals surface area (Å²) in [7, 11) is 1.59. The molecule has 4 nitrogen and oxygen atoms in total. The molecule has 20 heavy (non-hydrogen) atoms. The maximum Gasteiger partial charge on any atom is 0.251 e. The van der Waals surface area contributed by atoms with E-state index in [1.165, 1.54) is 0 Å². The first-order valence-electron chi connectivity index (χ1n) is 6.39. The number of nitrogens with one attached hydrogen (secondary N) is 1. The number of ether oxygens (including phenoxy) is 1. The number of hydrogen-bond acceptors (Lipinski definition) is 3. The number of carbonyl (C=O) groups is 1. The molecule has 4 heteroatoms. The monoisotopic (exact) mass is 271 g/mol. The van der Waals surface area contributed by atoms with Gasteiger partial charge in [-0.05, 0) is 48.4 Å². The lowest BCUT2D eigenvalue weighted by molar-refractivity contribution is 0.0954. The van der Waals surface area contributed by atoms with Crippen molar-refractivity contribution in [3.63, 3.8) is 0 Å². The van der Waals surface area contributed by atoms with Crippen LogP contribution in [0.3, 0.4) is 0 Å². The molecule has 0 aliphatic rings. The largest absolute Gasteiger partial charge is 0.508 e. The summed E-state index contributed by atoms with van der Waals surface area (Å²) in [6.07, 6.45) is 0.677. The minimum atomic E-state index is -0.118. The van der Waals surface area contributed by atoms with Crippen LogP contribution in [0.4, 0.5) is 0 Å². The Hall–Kier alpha value is -2.49. The second-order valence-electron chi connectivity index (χ2n) is 4.40. The molecule has 0 saturated heterocycles. The Morgan fingerprint density at radius 1 is 1.20 bits per heavy atom. The zero-order valence-corrected chi connectivity index (χ0v) is 11.3. The molecular weight excluding hydrogens is 254 g/mol. The summed E-state index contributed by atoms with van der Waals surface area (Å²) in [5.41, 5.74) is 1.58. The van der Waals surface area contributed by atoms with E-state index in [9.17, 15) is 9.90 Å². The summed E-state index contributed by atoms with van der Waals surface area (Å²) < 4.78 is 5.04. The van der Waals surface area contributed by atoms with E-state index >= 15 is 0 Å². The fourth-order valence-electron chi connectivity index (χ4n) is 1.88. The second-order valence-corrected chi connectivity index (χ2v) is 4.40. The number of carbonyl (C=O) groups excluding carboxylic acids is 1. The van der Waals surface area contributed by atoms with Gasteiger partial charge in [-0.3, -0.25) is 4.79 Å². The van der Waals surface area contributed by atoms with Crippen molar-refractivity contribution in [1.29, 1.82) is 0 Å². The molecular formula is C16H17NO3. The van der Waals surface area contributed by atoms with E-state index < -0.39 is 0 Å². The number of amides is 1. The maximum atomic E-state index is 11.9. The van der Waals surface area contributed by atoms with Gasteiger partial charge < -0.3 is 15.2 Å². The SMILES string of the molecule is COc1ccc(C(=O)NCCc2cccc(O)c2)cc1. The van der Waals surface area contributed by atoms with Crippen LogP contribution in [0.15, 0.2) is 48.5 Å². The van der Waals surface area contributed by atoms with E-state index in [0.29, 0.717) is 18.5 Å². The Bertz CT molecular complexity index is 579. The van der Waals surface area contributed by atoms with Gasteiger partial charge in [-0.2, -0.15) is 0 Å². The van der Waals surface area contributed by atoms with E-state index in [-0.39, 0.29) is 11.7 Å². The molecule has 0 fully saturated rings. The zero-order chi connectivity index (χ0) is 14.4. The third-order valence-electron chi connectivity index (χ3n) is 2.96. The van der Waals surface area contributed by atoms with Gasteiger partial charge in [0.1, 0.15) is 11.5 Å². The van der Waals surface area contributed by atoms with Gasteiger partial charge in [0, 0.05) is 12.1 Å². The van der Waals surface area contributed by atoms with Crippen LogP contribution in [0.1, 0.15) is 15.9 Å². The Kier molecular flexibility index (Phi) is 4.60. The van der Waals surface area contributed by atoms with Gasteiger partial charge >= 0.3 is 0 Å². The minimum Gasteiger partial charge on any atom is -0.508 e. The highest BCUT2D eigenvalue weighted by Gasteiger charge is 2.05. The highest BCUT2D eigenvalue weighted by molar-refractivity contribution is 5.94. The van der Waals surface area contributed by atoms with E-state index in [1.807, 2.05) is 6.07 Å². The van der Waals surface area contributed by atoms with E-state index in [2.05, 4.69) is 5.32 Å². The molecule has 0 spiro atoms. The van der Waals surface area contributed by atoms with Gasteiger partial charge in [-0.25, -0.2) is 0 Å². The van der Waals surface area contributed by atoms with Gasteiger partial charge in [0.15, 0.2) is 0 Å². The fraction of sp³-hybridized carbons (Fsp3) is 0.188. The molecule has 104 valence electrons. The third-order valence-corrected chi connectivity index (χ3v) is 2.96. The number of phenols is 1. The Labute approximate surface area is 118 Å². The lowest BCUT2D eigenvalue weighted by Crippen LogP contribution is -2.25. The molecule has 0 radical (unpaired) electrons. The molecule has 2 aromatic rings. The highest BCUT2D eigenvalue weighted by atomic mass is 16.5. The lowest BCUT2D eigenvalue weighted by Gasteiger charge is -2.06. The average molecular weight is 271 g/mol. The summed E-state index contributed by atoms with van der Waals surface area (Å²) in [6, 6.07) is 14.0. The number of phenolic OH excluding ortho intramolecular Hbond substituents is 1. The summed E-state index contributed by atoms with van der Waals surface area (Å²) in [4.78, 5) is 11.9. The van der Waals surface area contributed by atoms with E-state index in [0.717, 1.165) is 11.3 Å². The summed E-state index contributed by atoms with van der Waals surface area (Å²) in [5.74, 6) is 0.845. The van der Waals surface area contributed by atoms with Crippen LogP contribution in [0.25, 0.3) is 0 Å². The molecule has 0 aliphatic heterocycles. The van der Waals surface area contributed by atoms with Crippen molar-refractivity contribution >= 4 is 5.91 Å². The summed E-state index contributed by atoms with van der Waals surface area (Å²) in [5, 5.41) is 12.2. The predicted molar refractivity (Wildman–Crippen MR) is 77.1 cm³/mol. The first-order valence-corrected chi connectivity index (χ1v) is 6.39. The molecule has 0 saturated carbocycles. The summed E-state index contributed by atoms with van der Waals surface area (Å²) in [6.45, 7) is 0.522. The topological polar surface area (TPSA) is 58.6 Å². The van der Waals surface area contributed by atoms with E-state index in [4.69, 9.17) is 4.74 Å². The molecule has 0 atom stereocenters. The number of hydrogen-bond donors (Lipinski definition) is 2. The van der Waals surface area contributed by atoms with Crippen molar-refractivity contribution in [3.8, 4) is 11.5 Å². The molecule has 0 aromatic heterocycles. The molecule has 0 bridgehead atoms. The number of benzene rings is 2. The van der Waals surface area contributed by atoms with Crippen LogP contribution in [0.5, 0.6) is 11.5 Å². The number of aromatic hydroxyl groups is 1. The van der Waals surface area contributed by atoms with Gasteiger partial charge in [0.25, 0.3) is 5.91 Å². The highest BCUT2D eigenvalue weighted by Crippen LogP contribution is 2.12. The van der Waals surface area contributed by atoms with E-state index in [1.54, 1.807) is 49.6 Å². The lowest BCUT2D eigenvalue weighted by atomic mass is 10.1. The van der Waals surface area contributed by atoms with Crippen LogP contribution < -0.4 is 10.1 Å². The van der Waals surface area contributed by atoms with Gasteiger partial charge in [0.05, 0.1) is 7.11 Å². The first kappa shape index (κ1) is 13.9. The van der Waals surface area contributed by atoms with Crippen molar-refractivity contribution in [1.82, 2.24) is 5.32 Å². The van der Waals surface area contributed by atoms with Crippen LogP contribution >= 0.6 is 0 Å². The third kappa shape index (κ3) is 3.75. The van der Waals surface area contributed by atoms with Crippen molar-refractivity contribution in [2.24, 2.45) is 0 Å². The molecule has 1 amide bonds. The Morgan fingerprint density at radius 3 is 2.60 bits per heavy atom. The second kappa shape index (κ2) is 6.61. The molecule has 2 rings (SSSR count). The van der Waals surface area contributed by atoms with Crippen molar-refractivity contribution in [3.05, 3.63) is 59.7 Å². The minimum absolute atomic E-state index is 0.118. The van der Waals surface area contributed by atoms with Crippen LogP contribution in [0, 0.1) is 0 Å². The molecule has 2 N–H and O–H groups in total. The van der Waals surface area contributed by atoms with Gasteiger partial charge in [0.2, 0.25) is 0 Å². The molecule has 2 aromatic carbocycles. The van der Waals surface area contributed by atoms with Crippen molar-refractivity contribution in [2.45, 2.75) is 6.42 Å². The van der Waals surface area contributed by atoms with Crippen LogP contribution in [-0.2, 0) is 6.42 Å². The molecule has 0 aliphatic carbocycles. The normalized spacial score (nSPS) is 10.1. The Morgan fingerprint density at radius 2 is 1.95 bits per heavy atom.